The van der Waals surface area contributed by atoms with Crippen molar-refractivity contribution >= 4 is 17.0 Å². The summed E-state index contributed by atoms with van der Waals surface area (Å²) in [6, 6.07) is 8.35. The van der Waals surface area contributed by atoms with Gasteiger partial charge in [0.2, 0.25) is 0 Å². The zero-order valence-electron chi connectivity index (χ0n) is 8.03. The Balaban J connectivity index is 1.98. The molecule has 0 aliphatic heterocycles. The number of hydrogen-bond acceptors (Lipinski definition) is 3. The van der Waals surface area contributed by atoms with E-state index in [4.69, 9.17) is 0 Å². The molecule has 0 bridgehead atoms. The third-order valence-corrected chi connectivity index (χ3v) is 2.61. The average Bonchev–Trinajstić information content (AvgIpc) is 2.67. The molecule has 0 aliphatic carbocycles. The van der Waals surface area contributed by atoms with E-state index in [1.54, 1.807) is 11.3 Å². The van der Waals surface area contributed by atoms with Gasteiger partial charge in [-0.1, -0.05) is 12.1 Å². The lowest BCUT2D eigenvalue weighted by Crippen LogP contribution is -1.99. The lowest BCUT2D eigenvalue weighted by atomic mass is 10.2. The minimum absolute atomic E-state index is 0.799. The first-order valence-electron chi connectivity index (χ1n) is 4.52. The molecule has 72 valence electrons. The molecule has 3 heteroatoms. The zero-order chi connectivity index (χ0) is 9.80. The van der Waals surface area contributed by atoms with Crippen LogP contribution in [-0.4, -0.2) is 4.98 Å². The predicted octanol–water partition coefficient (Wildman–Crippen LogP) is 3.06. The summed E-state index contributed by atoms with van der Waals surface area (Å²) < 4.78 is 0. The van der Waals surface area contributed by atoms with Crippen molar-refractivity contribution in [2.45, 2.75) is 13.5 Å². The van der Waals surface area contributed by atoms with Crippen LogP contribution < -0.4 is 5.32 Å². The Kier molecular flexibility index (Phi) is 2.79. The third-order valence-electron chi connectivity index (χ3n) is 1.98. The van der Waals surface area contributed by atoms with E-state index in [0.29, 0.717) is 0 Å². The van der Waals surface area contributed by atoms with Crippen LogP contribution in [0.2, 0.25) is 0 Å². The van der Waals surface area contributed by atoms with Crippen LogP contribution in [0.5, 0.6) is 0 Å². The summed E-state index contributed by atoms with van der Waals surface area (Å²) in [4.78, 5) is 4.21. The molecule has 1 heterocycles. The molecule has 1 aromatic heterocycles. The summed E-state index contributed by atoms with van der Waals surface area (Å²) >= 11 is 1.63. The first kappa shape index (κ1) is 9.21. The van der Waals surface area contributed by atoms with Crippen LogP contribution >= 0.6 is 11.3 Å². The number of aryl methyl sites for hydroxylation is 1. The smallest absolute Gasteiger partial charge is 0.0795 e. The molecule has 0 amide bonds. The van der Waals surface area contributed by atoms with Gasteiger partial charge < -0.3 is 5.32 Å². The number of nitrogens with one attached hydrogen (secondary N) is 1. The number of anilines is 1. The SMILES string of the molecule is Cc1cccc(NCc2cscn2)c1. The molecule has 2 nitrogen and oxygen atoms in total. The van der Waals surface area contributed by atoms with Crippen molar-refractivity contribution in [2.75, 3.05) is 5.32 Å². The quantitative estimate of drug-likeness (QED) is 0.831. The van der Waals surface area contributed by atoms with Crippen LogP contribution in [0.15, 0.2) is 35.2 Å². The summed E-state index contributed by atoms with van der Waals surface area (Å²) in [5.41, 5.74) is 5.37. The molecule has 0 saturated carbocycles. The van der Waals surface area contributed by atoms with Gasteiger partial charge in [-0.2, -0.15) is 0 Å². The fourth-order valence-electron chi connectivity index (χ4n) is 1.27. The van der Waals surface area contributed by atoms with E-state index in [-0.39, 0.29) is 0 Å². The molecule has 0 aliphatic rings. The maximum absolute atomic E-state index is 4.21. The van der Waals surface area contributed by atoms with Gasteiger partial charge in [0.05, 0.1) is 17.7 Å². The molecule has 0 saturated heterocycles. The number of nitrogens with zero attached hydrogens (tertiary/aromatic N) is 1. The second-order valence-corrected chi connectivity index (χ2v) is 3.92. The second-order valence-electron chi connectivity index (χ2n) is 3.20. The number of rotatable bonds is 3. The first-order chi connectivity index (χ1) is 6.84. The Morgan fingerprint density at radius 1 is 1.43 bits per heavy atom. The Labute approximate surface area is 87.6 Å². The Morgan fingerprint density at radius 2 is 2.36 bits per heavy atom. The van der Waals surface area contributed by atoms with Gasteiger partial charge in [0.25, 0.3) is 0 Å². The lowest BCUT2D eigenvalue weighted by Gasteiger charge is -2.04. The maximum atomic E-state index is 4.21. The molecule has 0 atom stereocenters. The molecule has 0 unspecified atom stereocenters. The molecule has 1 aromatic carbocycles. The molecule has 0 spiro atoms. The average molecular weight is 204 g/mol. The molecule has 0 radical (unpaired) electrons. The van der Waals surface area contributed by atoms with Gasteiger partial charge in [-0.05, 0) is 24.6 Å². The van der Waals surface area contributed by atoms with Gasteiger partial charge in [0, 0.05) is 11.1 Å². The van der Waals surface area contributed by atoms with Crippen molar-refractivity contribution in [1.29, 1.82) is 0 Å². The predicted molar refractivity (Wildman–Crippen MR) is 60.6 cm³/mol. The Morgan fingerprint density at radius 3 is 3.07 bits per heavy atom. The number of thiazole rings is 1. The van der Waals surface area contributed by atoms with E-state index in [1.807, 2.05) is 5.51 Å². The van der Waals surface area contributed by atoms with Crippen LogP contribution in [0.3, 0.4) is 0 Å². The van der Waals surface area contributed by atoms with Crippen LogP contribution in [0.4, 0.5) is 5.69 Å². The fourth-order valence-corrected chi connectivity index (χ4v) is 1.83. The Hall–Kier alpha value is -1.35. The van der Waals surface area contributed by atoms with E-state index in [9.17, 15) is 0 Å². The van der Waals surface area contributed by atoms with E-state index < -0.39 is 0 Å². The zero-order valence-corrected chi connectivity index (χ0v) is 8.84. The van der Waals surface area contributed by atoms with Gasteiger partial charge in [0.15, 0.2) is 0 Å². The van der Waals surface area contributed by atoms with Gasteiger partial charge in [-0.3, -0.25) is 0 Å². The largest absolute Gasteiger partial charge is 0.379 e. The van der Waals surface area contributed by atoms with Crippen molar-refractivity contribution < 1.29 is 0 Å². The number of benzene rings is 1. The molecule has 1 N–H and O–H groups in total. The van der Waals surface area contributed by atoms with Crippen LogP contribution in [0.25, 0.3) is 0 Å². The highest BCUT2D eigenvalue weighted by Gasteiger charge is 1.95. The minimum Gasteiger partial charge on any atom is -0.379 e. The molecule has 2 rings (SSSR count). The maximum Gasteiger partial charge on any atom is 0.0795 e. The van der Waals surface area contributed by atoms with Crippen LogP contribution in [0.1, 0.15) is 11.3 Å². The highest BCUT2D eigenvalue weighted by Crippen LogP contribution is 2.11. The highest BCUT2D eigenvalue weighted by atomic mass is 32.1. The minimum atomic E-state index is 0.799. The highest BCUT2D eigenvalue weighted by molar-refractivity contribution is 7.07. The monoisotopic (exact) mass is 204 g/mol. The summed E-state index contributed by atoms with van der Waals surface area (Å²) in [5.74, 6) is 0. The molecular weight excluding hydrogens is 192 g/mol. The van der Waals surface area contributed by atoms with Gasteiger partial charge in [0.1, 0.15) is 0 Å². The summed E-state index contributed by atoms with van der Waals surface area (Å²) in [5, 5.41) is 5.39. The summed E-state index contributed by atoms with van der Waals surface area (Å²) in [7, 11) is 0. The van der Waals surface area contributed by atoms with Crippen molar-refractivity contribution in [3.05, 3.63) is 46.4 Å². The van der Waals surface area contributed by atoms with Gasteiger partial charge in [-0.15, -0.1) is 11.3 Å². The molecular formula is C11H12N2S. The molecule has 0 fully saturated rings. The van der Waals surface area contributed by atoms with Crippen molar-refractivity contribution in [2.24, 2.45) is 0 Å². The second kappa shape index (κ2) is 4.24. The first-order valence-corrected chi connectivity index (χ1v) is 5.46. The van der Waals surface area contributed by atoms with Crippen LogP contribution in [-0.2, 0) is 6.54 Å². The van der Waals surface area contributed by atoms with Crippen molar-refractivity contribution in [3.63, 3.8) is 0 Å². The van der Waals surface area contributed by atoms with E-state index in [2.05, 4.69) is 46.9 Å². The van der Waals surface area contributed by atoms with Gasteiger partial charge in [-0.25, -0.2) is 4.98 Å². The lowest BCUT2D eigenvalue weighted by molar-refractivity contribution is 1.07. The standard InChI is InChI=1S/C11H12N2S/c1-9-3-2-4-10(5-9)12-6-11-7-14-8-13-11/h2-5,7-8,12H,6H2,1H3. The topological polar surface area (TPSA) is 24.9 Å². The third kappa shape index (κ3) is 2.33. The van der Waals surface area contributed by atoms with E-state index >= 15 is 0 Å². The number of hydrogen-bond donors (Lipinski definition) is 1. The molecule has 2 aromatic rings. The van der Waals surface area contributed by atoms with Crippen molar-refractivity contribution in [3.8, 4) is 0 Å². The number of aromatic nitrogens is 1. The van der Waals surface area contributed by atoms with Crippen LogP contribution in [0, 0.1) is 6.92 Å². The van der Waals surface area contributed by atoms with Crippen molar-refractivity contribution in [1.82, 2.24) is 4.98 Å². The van der Waals surface area contributed by atoms with E-state index in [0.717, 1.165) is 17.9 Å². The summed E-state index contributed by atoms with van der Waals surface area (Å²) in [6.07, 6.45) is 0. The Bertz CT molecular complexity index is 395. The molecule has 14 heavy (non-hydrogen) atoms. The summed E-state index contributed by atoms with van der Waals surface area (Å²) in [6.45, 7) is 2.89. The fraction of sp³-hybridized carbons (Fsp3) is 0.182. The van der Waals surface area contributed by atoms with Gasteiger partial charge >= 0.3 is 0 Å². The normalized spacial score (nSPS) is 10.1. The van der Waals surface area contributed by atoms with E-state index in [1.165, 1.54) is 5.56 Å².